The molecule has 1 aromatic rings. The van der Waals surface area contributed by atoms with Gasteiger partial charge in [-0.1, -0.05) is 20.8 Å². The number of carbonyl (C=O) groups excluding carboxylic acids is 2. The first kappa shape index (κ1) is 21.7. The normalized spacial score (nSPS) is 28.6. The Hall–Kier alpha value is -2.04. The van der Waals surface area contributed by atoms with Gasteiger partial charge in [0.05, 0.1) is 20.8 Å². The van der Waals surface area contributed by atoms with Crippen molar-refractivity contribution in [2.75, 3.05) is 20.8 Å². The predicted molar refractivity (Wildman–Crippen MR) is 112 cm³/mol. The minimum Gasteiger partial charge on any atom is -0.496 e. The highest BCUT2D eigenvalue weighted by molar-refractivity contribution is 6.04. The molecule has 5 heteroatoms. The first-order chi connectivity index (χ1) is 13.7. The van der Waals surface area contributed by atoms with Crippen molar-refractivity contribution in [2.45, 2.75) is 71.6 Å². The van der Waals surface area contributed by atoms with Gasteiger partial charge < -0.3 is 14.2 Å². The van der Waals surface area contributed by atoms with Gasteiger partial charge in [-0.05, 0) is 51.0 Å². The van der Waals surface area contributed by atoms with Crippen molar-refractivity contribution >= 4 is 11.8 Å². The molecule has 1 fully saturated rings. The average Bonchev–Trinajstić information content (AvgIpc) is 2.69. The number of rotatable bonds is 5. The third-order valence-corrected chi connectivity index (χ3v) is 7.29. The average molecular weight is 403 g/mol. The minimum atomic E-state index is -1.13. The number of fused-ring (bicyclic) bond motifs is 3. The van der Waals surface area contributed by atoms with Crippen LogP contribution in [0, 0.1) is 11.3 Å². The molecule has 3 rings (SSSR count). The molecule has 2 aliphatic carbocycles. The van der Waals surface area contributed by atoms with E-state index >= 15 is 0 Å². The van der Waals surface area contributed by atoms with Gasteiger partial charge in [0.2, 0.25) is 0 Å². The molecular formula is C24H34O5. The maximum atomic E-state index is 13.0. The van der Waals surface area contributed by atoms with E-state index in [0.29, 0.717) is 18.8 Å². The topological polar surface area (TPSA) is 61.8 Å². The van der Waals surface area contributed by atoms with Crippen LogP contribution in [-0.2, 0) is 26.2 Å². The molecule has 0 N–H and O–H groups in total. The largest absolute Gasteiger partial charge is 0.496 e. The molecule has 2 aliphatic rings. The Bertz CT molecular complexity index is 827. The smallest absolute Gasteiger partial charge is 0.319 e. The summed E-state index contributed by atoms with van der Waals surface area (Å²) in [5.41, 5.74) is 1.90. The van der Waals surface area contributed by atoms with Gasteiger partial charge in [-0.25, -0.2) is 0 Å². The fraction of sp³-hybridized carbons (Fsp3) is 0.667. The lowest BCUT2D eigenvalue weighted by Crippen LogP contribution is -2.57. The molecule has 1 saturated carbocycles. The number of ether oxygens (including phenoxy) is 3. The number of methoxy groups -OCH3 is 2. The highest BCUT2D eigenvalue weighted by Crippen LogP contribution is 2.60. The summed E-state index contributed by atoms with van der Waals surface area (Å²) < 4.78 is 17.1. The number of ketones is 1. The highest BCUT2D eigenvalue weighted by atomic mass is 16.5. The lowest BCUT2D eigenvalue weighted by molar-refractivity contribution is -0.169. The number of hydrogen-bond acceptors (Lipinski definition) is 5. The molecule has 160 valence electrons. The van der Waals surface area contributed by atoms with Gasteiger partial charge in [-0.15, -0.1) is 0 Å². The maximum Gasteiger partial charge on any atom is 0.319 e. The van der Waals surface area contributed by atoms with Crippen molar-refractivity contribution in [3.8, 4) is 11.5 Å². The van der Waals surface area contributed by atoms with Gasteiger partial charge in [-0.2, -0.15) is 0 Å². The first-order valence-electron chi connectivity index (χ1n) is 10.6. The lowest BCUT2D eigenvalue weighted by Gasteiger charge is -2.53. The van der Waals surface area contributed by atoms with Crippen LogP contribution in [0.3, 0.4) is 0 Å². The molecule has 0 spiro atoms. The highest BCUT2D eigenvalue weighted by Gasteiger charge is 2.61. The zero-order valence-electron chi connectivity index (χ0n) is 18.8. The van der Waals surface area contributed by atoms with Crippen LogP contribution in [0.2, 0.25) is 0 Å². The zero-order valence-corrected chi connectivity index (χ0v) is 18.8. The fourth-order valence-electron chi connectivity index (χ4n) is 5.78. The first-order valence-corrected chi connectivity index (χ1v) is 10.6. The van der Waals surface area contributed by atoms with Crippen LogP contribution in [0.5, 0.6) is 11.5 Å². The van der Waals surface area contributed by atoms with E-state index < -0.39 is 11.4 Å². The molecule has 0 aliphatic heterocycles. The second-order valence-corrected chi connectivity index (χ2v) is 9.06. The number of hydrogen-bond donors (Lipinski definition) is 0. The lowest BCUT2D eigenvalue weighted by atomic mass is 9.49. The van der Waals surface area contributed by atoms with Crippen molar-refractivity contribution in [2.24, 2.45) is 11.3 Å². The zero-order chi connectivity index (χ0) is 21.6. The van der Waals surface area contributed by atoms with Gasteiger partial charge in [0.25, 0.3) is 0 Å². The van der Waals surface area contributed by atoms with Crippen LogP contribution in [-0.4, -0.2) is 32.6 Å². The van der Waals surface area contributed by atoms with E-state index in [0.717, 1.165) is 41.0 Å². The van der Waals surface area contributed by atoms with Crippen molar-refractivity contribution < 1.29 is 23.8 Å². The Morgan fingerprint density at radius 1 is 1.21 bits per heavy atom. The summed E-state index contributed by atoms with van der Waals surface area (Å²) in [5.74, 6) is 1.52. The number of esters is 1. The van der Waals surface area contributed by atoms with Gasteiger partial charge in [0.15, 0.2) is 0 Å². The van der Waals surface area contributed by atoms with Crippen molar-refractivity contribution in [3.05, 3.63) is 22.8 Å². The van der Waals surface area contributed by atoms with E-state index in [4.69, 9.17) is 14.2 Å². The predicted octanol–water partition coefficient (Wildman–Crippen LogP) is 4.58. The summed E-state index contributed by atoms with van der Waals surface area (Å²) >= 11 is 0. The molecule has 29 heavy (non-hydrogen) atoms. The van der Waals surface area contributed by atoms with Crippen molar-refractivity contribution in [3.63, 3.8) is 0 Å². The fourth-order valence-corrected chi connectivity index (χ4v) is 5.78. The van der Waals surface area contributed by atoms with Gasteiger partial charge in [0, 0.05) is 28.5 Å². The summed E-state index contributed by atoms with van der Waals surface area (Å²) in [4.78, 5) is 26.0. The molecule has 0 radical (unpaired) electrons. The summed E-state index contributed by atoms with van der Waals surface area (Å²) in [7, 11) is 3.41. The number of Topliss-reactive ketones (excluding diaryl/α,β-unsaturated/α-hetero) is 1. The quantitative estimate of drug-likeness (QED) is 0.533. The van der Waals surface area contributed by atoms with E-state index in [2.05, 4.69) is 26.8 Å². The van der Waals surface area contributed by atoms with Crippen LogP contribution < -0.4 is 9.47 Å². The Balaban J connectivity index is 2.24. The molecule has 3 unspecified atom stereocenters. The Morgan fingerprint density at radius 2 is 1.90 bits per heavy atom. The Morgan fingerprint density at radius 3 is 2.45 bits per heavy atom. The van der Waals surface area contributed by atoms with Crippen LogP contribution in [0.4, 0.5) is 0 Å². The summed E-state index contributed by atoms with van der Waals surface area (Å²) in [6, 6.07) is 2.08. The molecule has 5 nitrogen and oxygen atoms in total. The second kappa shape index (κ2) is 7.66. The maximum absolute atomic E-state index is 13.0. The monoisotopic (exact) mass is 402 g/mol. The summed E-state index contributed by atoms with van der Waals surface area (Å²) in [6.45, 7) is 10.3. The van der Waals surface area contributed by atoms with Gasteiger partial charge in [0.1, 0.15) is 22.7 Å². The standard InChI is InChI=1S/C24H34O5/c1-8-29-22(26)24(5)18-10-9-15-20(23(18,4)12-11-19(24)25)17(27-6)13-16(14(2)3)21(15)28-7/h13-14,18H,8-12H2,1-7H3. The minimum absolute atomic E-state index is 0.00777. The van der Waals surface area contributed by atoms with E-state index in [1.54, 1.807) is 28.1 Å². The van der Waals surface area contributed by atoms with E-state index in [1.165, 1.54) is 0 Å². The van der Waals surface area contributed by atoms with Gasteiger partial charge >= 0.3 is 5.97 Å². The summed E-state index contributed by atoms with van der Waals surface area (Å²) in [6.07, 6.45) is 2.54. The Kier molecular flexibility index (Phi) is 5.72. The number of carbonyl (C=O) groups is 2. The third-order valence-electron chi connectivity index (χ3n) is 7.29. The molecule has 0 aromatic heterocycles. The molecule has 0 amide bonds. The van der Waals surface area contributed by atoms with Crippen molar-refractivity contribution in [1.29, 1.82) is 0 Å². The molecule has 0 heterocycles. The third kappa shape index (κ3) is 3.04. The van der Waals surface area contributed by atoms with Gasteiger partial charge in [-0.3, -0.25) is 9.59 Å². The SMILES string of the molecule is CCOC(=O)C1(C)C(=O)CCC2(C)c3c(OC)cc(C(C)C)c(OC)c3CCC12. The van der Waals surface area contributed by atoms with Crippen LogP contribution >= 0.6 is 0 Å². The molecular weight excluding hydrogens is 368 g/mol. The molecule has 0 bridgehead atoms. The Labute approximate surface area is 174 Å². The van der Waals surface area contributed by atoms with E-state index in [-0.39, 0.29) is 23.7 Å². The molecule has 1 aromatic carbocycles. The molecule has 3 atom stereocenters. The van der Waals surface area contributed by atoms with Crippen LogP contribution in [0.1, 0.15) is 76.5 Å². The van der Waals surface area contributed by atoms with E-state index in [1.807, 2.05) is 0 Å². The van der Waals surface area contributed by atoms with Crippen LogP contribution in [0.25, 0.3) is 0 Å². The number of benzene rings is 1. The molecule has 0 saturated heterocycles. The van der Waals surface area contributed by atoms with E-state index in [9.17, 15) is 9.59 Å². The van der Waals surface area contributed by atoms with Crippen LogP contribution in [0.15, 0.2) is 6.07 Å². The van der Waals surface area contributed by atoms with Crippen molar-refractivity contribution in [1.82, 2.24) is 0 Å². The summed E-state index contributed by atoms with van der Waals surface area (Å²) in [5, 5.41) is 0. The second-order valence-electron chi connectivity index (χ2n) is 9.06.